The van der Waals surface area contributed by atoms with Crippen LogP contribution in [0, 0.1) is 0 Å². The Morgan fingerprint density at radius 2 is 1.92 bits per heavy atom. The number of halogens is 3. The molecule has 0 bridgehead atoms. The Morgan fingerprint density at radius 3 is 2.50 bits per heavy atom. The molecule has 1 aromatic carbocycles. The smallest absolute Gasteiger partial charge is 0.433 e. The number of hydrogen-bond donors (Lipinski definition) is 2. The summed E-state index contributed by atoms with van der Waals surface area (Å²) in [7, 11) is 1.21. The molecular weight excluding hydrogens is 321 g/mol. The average Bonchev–Trinajstić information content (AvgIpc) is 2.90. The van der Waals surface area contributed by atoms with Crippen LogP contribution >= 0.6 is 0 Å². The third kappa shape index (κ3) is 3.17. The first-order chi connectivity index (χ1) is 11.3. The highest BCUT2D eigenvalue weighted by Gasteiger charge is 2.35. The van der Waals surface area contributed by atoms with Crippen molar-refractivity contribution in [3.8, 4) is 17.0 Å². The predicted octanol–water partition coefficient (Wildman–Crippen LogP) is 3.95. The van der Waals surface area contributed by atoms with Gasteiger partial charge in [-0.15, -0.1) is 0 Å². The Bertz CT molecular complexity index is 860. The van der Waals surface area contributed by atoms with Crippen LogP contribution in [0.5, 0.6) is 5.75 Å². The number of benzene rings is 1. The molecular formula is C16H13F3N4O. The summed E-state index contributed by atoms with van der Waals surface area (Å²) in [4.78, 5) is 4.09. The van der Waals surface area contributed by atoms with Crippen molar-refractivity contribution in [1.29, 1.82) is 0 Å². The molecule has 0 amide bonds. The lowest BCUT2D eigenvalue weighted by Crippen LogP contribution is -2.11. The standard InChI is InChI=1S/C16H13F3N4O/c1-23-14(16(17,18)19)9-12(22-23)11-6-5-10(8-13(11)24)21-15-4-2-3-7-20-15/h2-9,24H,1H3,(H,20,21). The number of pyridine rings is 1. The van der Waals surface area contributed by atoms with E-state index in [1.807, 2.05) is 0 Å². The summed E-state index contributed by atoms with van der Waals surface area (Å²) in [5.74, 6) is 0.407. The van der Waals surface area contributed by atoms with E-state index < -0.39 is 11.9 Å². The number of rotatable bonds is 3. The molecule has 0 saturated carbocycles. The summed E-state index contributed by atoms with van der Waals surface area (Å²) >= 11 is 0. The molecule has 0 atom stereocenters. The van der Waals surface area contributed by atoms with Crippen LogP contribution in [0.25, 0.3) is 11.3 Å². The van der Waals surface area contributed by atoms with Gasteiger partial charge in [0.15, 0.2) is 0 Å². The van der Waals surface area contributed by atoms with Crippen LogP contribution in [0.15, 0.2) is 48.7 Å². The molecule has 2 aromatic heterocycles. The third-order valence-electron chi connectivity index (χ3n) is 3.38. The molecule has 0 radical (unpaired) electrons. The van der Waals surface area contributed by atoms with Crippen molar-refractivity contribution in [2.75, 3.05) is 5.32 Å². The fraction of sp³-hybridized carbons (Fsp3) is 0.125. The highest BCUT2D eigenvalue weighted by Crippen LogP contribution is 2.35. The highest BCUT2D eigenvalue weighted by molar-refractivity contribution is 5.72. The Labute approximate surface area is 135 Å². The first-order valence-electron chi connectivity index (χ1n) is 6.97. The van der Waals surface area contributed by atoms with Crippen LogP contribution in [0.4, 0.5) is 24.7 Å². The van der Waals surface area contributed by atoms with Crippen LogP contribution in [0.1, 0.15) is 5.69 Å². The maximum atomic E-state index is 12.8. The molecule has 3 aromatic rings. The Kier molecular flexibility index (Phi) is 3.88. The molecule has 0 aliphatic heterocycles. The minimum Gasteiger partial charge on any atom is -0.507 e. The van der Waals surface area contributed by atoms with Gasteiger partial charge >= 0.3 is 6.18 Å². The Balaban J connectivity index is 1.91. The maximum Gasteiger partial charge on any atom is 0.433 e. The summed E-state index contributed by atoms with van der Waals surface area (Å²) in [6, 6.07) is 10.8. The summed E-state index contributed by atoms with van der Waals surface area (Å²) in [5, 5.41) is 16.9. The number of nitrogens with one attached hydrogen (secondary N) is 1. The van der Waals surface area contributed by atoms with E-state index in [0.29, 0.717) is 11.5 Å². The van der Waals surface area contributed by atoms with Crippen molar-refractivity contribution in [1.82, 2.24) is 14.8 Å². The van der Waals surface area contributed by atoms with E-state index in [1.54, 1.807) is 30.5 Å². The van der Waals surface area contributed by atoms with Crippen molar-refractivity contribution in [2.24, 2.45) is 7.05 Å². The van der Waals surface area contributed by atoms with Crippen LogP contribution in [0.3, 0.4) is 0 Å². The molecule has 124 valence electrons. The van der Waals surface area contributed by atoms with Gasteiger partial charge in [0.05, 0.1) is 5.69 Å². The minimum atomic E-state index is -4.50. The number of aromatic nitrogens is 3. The maximum absolute atomic E-state index is 12.8. The van der Waals surface area contributed by atoms with Crippen LogP contribution in [-0.4, -0.2) is 19.9 Å². The van der Waals surface area contributed by atoms with Gasteiger partial charge in [0.25, 0.3) is 0 Å². The monoisotopic (exact) mass is 334 g/mol. The van der Waals surface area contributed by atoms with Crippen LogP contribution in [0.2, 0.25) is 0 Å². The number of aromatic hydroxyl groups is 1. The molecule has 2 N–H and O–H groups in total. The molecule has 0 saturated heterocycles. The summed E-state index contributed by atoms with van der Waals surface area (Å²) in [6.07, 6.45) is -2.89. The zero-order valence-corrected chi connectivity index (χ0v) is 12.5. The number of anilines is 2. The van der Waals surface area contributed by atoms with Gasteiger partial charge in [0.1, 0.15) is 17.3 Å². The lowest BCUT2D eigenvalue weighted by atomic mass is 10.1. The molecule has 3 rings (SSSR count). The SMILES string of the molecule is Cn1nc(-c2ccc(Nc3ccccn3)cc2O)cc1C(F)(F)F. The van der Waals surface area contributed by atoms with Gasteiger partial charge in [0.2, 0.25) is 0 Å². The lowest BCUT2D eigenvalue weighted by molar-refractivity contribution is -0.143. The summed E-state index contributed by atoms with van der Waals surface area (Å²) in [5.41, 5.74) is -0.0612. The van der Waals surface area contributed by atoms with Gasteiger partial charge in [-0.1, -0.05) is 6.07 Å². The number of phenolic OH excluding ortho intramolecular Hbond substituents is 1. The molecule has 0 aliphatic rings. The number of phenols is 1. The van der Waals surface area contributed by atoms with Gasteiger partial charge in [-0.25, -0.2) is 4.98 Å². The van der Waals surface area contributed by atoms with Crippen LogP contribution in [-0.2, 0) is 13.2 Å². The zero-order valence-electron chi connectivity index (χ0n) is 12.5. The van der Waals surface area contributed by atoms with Crippen molar-refractivity contribution < 1.29 is 18.3 Å². The number of aryl methyl sites for hydroxylation is 1. The van der Waals surface area contributed by atoms with E-state index in [4.69, 9.17) is 0 Å². The lowest BCUT2D eigenvalue weighted by Gasteiger charge is -2.07. The van der Waals surface area contributed by atoms with Crippen molar-refractivity contribution >= 4 is 11.5 Å². The molecule has 0 unspecified atom stereocenters. The molecule has 24 heavy (non-hydrogen) atoms. The van der Waals surface area contributed by atoms with Crippen molar-refractivity contribution in [2.45, 2.75) is 6.18 Å². The van der Waals surface area contributed by atoms with Crippen LogP contribution < -0.4 is 5.32 Å². The number of nitrogens with zero attached hydrogens (tertiary/aromatic N) is 3. The normalized spacial score (nSPS) is 11.5. The Hall–Kier alpha value is -3.03. The van der Waals surface area contributed by atoms with E-state index >= 15 is 0 Å². The fourth-order valence-corrected chi connectivity index (χ4v) is 2.27. The van der Waals surface area contributed by atoms with E-state index in [9.17, 15) is 18.3 Å². The topological polar surface area (TPSA) is 63.0 Å². The van der Waals surface area contributed by atoms with Gasteiger partial charge in [-0.3, -0.25) is 4.68 Å². The summed E-state index contributed by atoms with van der Waals surface area (Å²) < 4.78 is 39.3. The van der Waals surface area contributed by atoms with E-state index in [2.05, 4.69) is 15.4 Å². The second-order valence-corrected chi connectivity index (χ2v) is 5.11. The van der Waals surface area contributed by atoms with Gasteiger partial charge < -0.3 is 10.4 Å². The van der Waals surface area contributed by atoms with E-state index in [1.165, 1.54) is 19.2 Å². The van der Waals surface area contributed by atoms with Gasteiger partial charge in [-0.2, -0.15) is 18.3 Å². The largest absolute Gasteiger partial charge is 0.507 e. The van der Waals surface area contributed by atoms with Crippen molar-refractivity contribution in [3.05, 3.63) is 54.4 Å². The molecule has 2 heterocycles. The fourth-order valence-electron chi connectivity index (χ4n) is 2.27. The number of hydrogen-bond acceptors (Lipinski definition) is 4. The molecule has 8 heteroatoms. The quantitative estimate of drug-likeness (QED) is 0.761. The minimum absolute atomic E-state index is 0.0479. The number of alkyl halides is 3. The zero-order chi connectivity index (χ0) is 17.3. The predicted molar refractivity (Wildman–Crippen MR) is 82.8 cm³/mol. The van der Waals surface area contributed by atoms with E-state index in [0.717, 1.165) is 10.7 Å². The van der Waals surface area contributed by atoms with Crippen molar-refractivity contribution in [3.63, 3.8) is 0 Å². The highest BCUT2D eigenvalue weighted by atomic mass is 19.4. The second-order valence-electron chi connectivity index (χ2n) is 5.11. The first-order valence-corrected chi connectivity index (χ1v) is 6.97. The average molecular weight is 334 g/mol. The van der Waals surface area contributed by atoms with Gasteiger partial charge in [0, 0.05) is 30.6 Å². The molecule has 0 fully saturated rings. The van der Waals surface area contributed by atoms with E-state index in [-0.39, 0.29) is 17.0 Å². The molecule has 5 nitrogen and oxygen atoms in total. The first kappa shape index (κ1) is 15.9. The third-order valence-corrected chi connectivity index (χ3v) is 3.38. The molecule has 0 spiro atoms. The Morgan fingerprint density at radius 1 is 1.12 bits per heavy atom. The summed E-state index contributed by atoms with van der Waals surface area (Å²) in [6.45, 7) is 0. The molecule has 0 aliphatic carbocycles. The second kappa shape index (κ2) is 5.88. The van der Waals surface area contributed by atoms with Gasteiger partial charge in [-0.05, 0) is 30.3 Å².